The third-order valence-electron chi connectivity index (χ3n) is 4.12. The van der Waals surface area contributed by atoms with Crippen molar-refractivity contribution >= 4 is 5.91 Å². The number of rotatable bonds is 5. The van der Waals surface area contributed by atoms with Crippen molar-refractivity contribution in [2.24, 2.45) is 5.73 Å². The fourth-order valence-electron chi connectivity index (χ4n) is 2.24. The van der Waals surface area contributed by atoms with E-state index in [1.165, 1.54) is 0 Å². The Labute approximate surface area is 117 Å². The average Bonchev–Trinajstić information content (AvgIpc) is 2.38. The van der Waals surface area contributed by atoms with Gasteiger partial charge in [-0.05, 0) is 27.7 Å². The van der Waals surface area contributed by atoms with Crippen molar-refractivity contribution in [2.75, 3.05) is 39.8 Å². The highest BCUT2D eigenvalue weighted by atomic mass is 16.5. The first-order chi connectivity index (χ1) is 8.72. The topological polar surface area (TPSA) is 58.8 Å². The van der Waals surface area contributed by atoms with E-state index in [0.717, 1.165) is 26.2 Å². The summed E-state index contributed by atoms with van der Waals surface area (Å²) in [5.41, 5.74) is 5.42. The van der Waals surface area contributed by atoms with Crippen LogP contribution in [0.2, 0.25) is 0 Å². The molecule has 1 saturated heterocycles. The van der Waals surface area contributed by atoms with E-state index in [2.05, 4.69) is 18.7 Å². The molecule has 1 rings (SSSR count). The third kappa shape index (κ3) is 4.44. The maximum atomic E-state index is 12.2. The van der Waals surface area contributed by atoms with Gasteiger partial charge in [-0.2, -0.15) is 0 Å². The number of methoxy groups -OCH3 is 1. The Kier molecular flexibility index (Phi) is 5.35. The van der Waals surface area contributed by atoms with Crippen LogP contribution >= 0.6 is 0 Å². The molecule has 0 aromatic carbocycles. The number of hydrogen-bond acceptors (Lipinski definition) is 4. The summed E-state index contributed by atoms with van der Waals surface area (Å²) < 4.78 is 5.32. The van der Waals surface area contributed by atoms with Crippen LogP contribution in [0.25, 0.3) is 0 Å². The van der Waals surface area contributed by atoms with E-state index >= 15 is 0 Å². The van der Waals surface area contributed by atoms with Gasteiger partial charge >= 0.3 is 0 Å². The second-order valence-electron chi connectivity index (χ2n) is 6.52. The average molecular weight is 271 g/mol. The van der Waals surface area contributed by atoms with Gasteiger partial charge in [-0.15, -0.1) is 0 Å². The summed E-state index contributed by atoms with van der Waals surface area (Å²) in [6.07, 6.45) is 0.434. The Hall–Kier alpha value is -0.650. The van der Waals surface area contributed by atoms with Gasteiger partial charge in [0.2, 0.25) is 5.91 Å². The van der Waals surface area contributed by atoms with Gasteiger partial charge in [0.25, 0.3) is 0 Å². The number of nitrogens with zero attached hydrogens (tertiary/aromatic N) is 2. The normalized spacial score (nSPS) is 18.7. The Morgan fingerprint density at radius 3 is 2.11 bits per heavy atom. The molecular weight excluding hydrogens is 242 g/mol. The zero-order valence-electron chi connectivity index (χ0n) is 13.0. The molecule has 19 heavy (non-hydrogen) atoms. The lowest BCUT2D eigenvalue weighted by atomic mass is 10.0. The van der Waals surface area contributed by atoms with Gasteiger partial charge in [-0.3, -0.25) is 9.69 Å². The van der Waals surface area contributed by atoms with Crippen molar-refractivity contribution < 1.29 is 9.53 Å². The van der Waals surface area contributed by atoms with Gasteiger partial charge in [0.15, 0.2) is 0 Å². The molecule has 0 aromatic rings. The maximum absolute atomic E-state index is 12.2. The fourth-order valence-corrected chi connectivity index (χ4v) is 2.24. The number of carbonyl (C=O) groups excluding carboxylic acids is 1. The minimum atomic E-state index is -0.384. The summed E-state index contributed by atoms with van der Waals surface area (Å²) >= 11 is 0. The van der Waals surface area contributed by atoms with Crippen molar-refractivity contribution in [2.45, 2.75) is 45.3 Å². The maximum Gasteiger partial charge on any atom is 0.225 e. The lowest BCUT2D eigenvalue weighted by Crippen LogP contribution is -2.58. The molecule has 0 aliphatic carbocycles. The number of ether oxygens (including phenoxy) is 1. The van der Waals surface area contributed by atoms with E-state index in [1.807, 2.05) is 18.7 Å². The van der Waals surface area contributed by atoms with Crippen LogP contribution in [0, 0.1) is 0 Å². The van der Waals surface area contributed by atoms with E-state index in [-0.39, 0.29) is 17.0 Å². The molecule has 0 radical (unpaired) electrons. The minimum absolute atomic E-state index is 0.0148. The largest absolute Gasteiger partial charge is 0.378 e. The zero-order valence-corrected chi connectivity index (χ0v) is 13.0. The lowest BCUT2D eigenvalue weighted by Gasteiger charge is -2.44. The van der Waals surface area contributed by atoms with Crippen LogP contribution in [0.15, 0.2) is 0 Å². The minimum Gasteiger partial charge on any atom is -0.378 e. The van der Waals surface area contributed by atoms with Crippen molar-refractivity contribution in [1.29, 1.82) is 0 Å². The molecule has 0 unspecified atom stereocenters. The standard InChI is InChI=1S/C14H29N3O2/c1-13(2,11-15)17-8-6-16(7-9-17)12(18)10-14(3,4)19-5/h6-11,15H2,1-5H3. The molecule has 1 aliphatic rings. The van der Waals surface area contributed by atoms with E-state index < -0.39 is 0 Å². The zero-order chi connectivity index (χ0) is 14.7. The van der Waals surface area contributed by atoms with Crippen molar-refractivity contribution in [3.8, 4) is 0 Å². The van der Waals surface area contributed by atoms with Gasteiger partial charge in [0.05, 0.1) is 12.0 Å². The predicted molar refractivity (Wildman–Crippen MR) is 77.0 cm³/mol. The van der Waals surface area contributed by atoms with Crippen molar-refractivity contribution in [3.05, 3.63) is 0 Å². The van der Waals surface area contributed by atoms with E-state index in [4.69, 9.17) is 10.5 Å². The second kappa shape index (κ2) is 6.20. The summed E-state index contributed by atoms with van der Waals surface area (Å²) in [6.45, 7) is 12.2. The molecule has 112 valence electrons. The van der Waals surface area contributed by atoms with Crippen LogP contribution in [0.3, 0.4) is 0 Å². The van der Waals surface area contributed by atoms with E-state index in [9.17, 15) is 4.79 Å². The third-order valence-corrected chi connectivity index (χ3v) is 4.12. The molecule has 5 heteroatoms. The quantitative estimate of drug-likeness (QED) is 0.799. The molecule has 0 aromatic heterocycles. The highest BCUT2D eigenvalue weighted by Gasteiger charge is 2.31. The summed E-state index contributed by atoms with van der Waals surface area (Å²) in [5, 5.41) is 0. The smallest absolute Gasteiger partial charge is 0.225 e. The predicted octanol–water partition coefficient (Wildman–Crippen LogP) is 0.683. The molecule has 5 nitrogen and oxygen atoms in total. The first-order valence-electron chi connectivity index (χ1n) is 7.00. The number of nitrogens with two attached hydrogens (primary N) is 1. The lowest BCUT2D eigenvalue weighted by molar-refractivity contribution is -0.139. The molecule has 1 amide bonds. The monoisotopic (exact) mass is 271 g/mol. The first kappa shape index (κ1) is 16.4. The molecule has 0 saturated carbocycles. The Balaban J connectivity index is 2.48. The van der Waals surface area contributed by atoms with Crippen LogP contribution in [-0.2, 0) is 9.53 Å². The molecule has 1 aliphatic heterocycles. The Morgan fingerprint density at radius 1 is 1.16 bits per heavy atom. The number of carbonyl (C=O) groups is 1. The summed E-state index contributed by atoms with van der Waals surface area (Å²) in [7, 11) is 1.65. The molecule has 2 N–H and O–H groups in total. The second-order valence-corrected chi connectivity index (χ2v) is 6.52. The summed E-state index contributed by atoms with van der Waals surface area (Å²) in [4.78, 5) is 16.5. The van der Waals surface area contributed by atoms with Gasteiger partial charge in [0.1, 0.15) is 0 Å². The van der Waals surface area contributed by atoms with Crippen molar-refractivity contribution in [3.63, 3.8) is 0 Å². The number of amides is 1. The molecule has 0 bridgehead atoms. The molecule has 1 heterocycles. The molecule has 1 fully saturated rings. The molecular formula is C14H29N3O2. The van der Waals surface area contributed by atoms with Crippen molar-refractivity contribution in [1.82, 2.24) is 9.80 Å². The van der Waals surface area contributed by atoms with E-state index in [1.54, 1.807) is 7.11 Å². The highest BCUT2D eigenvalue weighted by Crippen LogP contribution is 2.19. The van der Waals surface area contributed by atoms with Crippen LogP contribution in [0.1, 0.15) is 34.1 Å². The first-order valence-corrected chi connectivity index (χ1v) is 7.00. The van der Waals surface area contributed by atoms with Crippen LogP contribution in [0.4, 0.5) is 0 Å². The highest BCUT2D eigenvalue weighted by molar-refractivity contribution is 5.77. The molecule has 0 atom stereocenters. The number of piperazine rings is 1. The summed E-state index contributed by atoms with van der Waals surface area (Å²) in [6, 6.07) is 0. The Bertz CT molecular complexity index is 308. The van der Waals surface area contributed by atoms with Gasteiger partial charge in [-0.1, -0.05) is 0 Å². The summed E-state index contributed by atoms with van der Waals surface area (Å²) in [5.74, 6) is 0.178. The van der Waals surface area contributed by atoms with Gasteiger partial charge in [0, 0.05) is 45.4 Å². The van der Waals surface area contributed by atoms with Crippen LogP contribution < -0.4 is 5.73 Å². The number of hydrogen-bond donors (Lipinski definition) is 1. The Morgan fingerprint density at radius 2 is 1.68 bits per heavy atom. The van der Waals surface area contributed by atoms with Gasteiger partial charge in [-0.25, -0.2) is 0 Å². The van der Waals surface area contributed by atoms with Crippen LogP contribution in [-0.4, -0.2) is 66.7 Å². The van der Waals surface area contributed by atoms with Crippen LogP contribution in [0.5, 0.6) is 0 Å². The van der Waals surface area contributed by atoms with E-state index in [0.29, 0.717) is 13.0 Å². The fraction of sp³-hybridized carbons (Fsp3) is 0.929. The SMILES string of the molecule is COC(C)(C)CC(=O)N1CCN(C(C)(C)CN)CC1. The van der Waals surface area contributed by atoms with Gasteiger partial charge < -0.3 is 15.4 Å². The molecule has 0 spiro atoms.